The largest absolute Gasteiger partial charge is 0.488 e. The quantitative estimate of drug-likeness (QED) is 0.399. The van der Waals surface area contributed by atoms with Crippen LogP contribution in [0.15, 0.2) is 70.1 Å². The highest BCUT2D eigenvalue weighted by molar-refractivity contribution is 9.10. The molecule has 3 rings (SSSR count). The average Bonchev–Trinajstić information content (AvgIpc) is 2.63. The van der Waals surface area contributed by atoms with E-state index in [1.165, 1.54) is 11.1 Å². The van der Waals surface area contributed by atoms with E-state index >= 15 is 0 Å². The van der Waals surface area contributed by atoms with Crippen LogP contribution >= 0.6 is 27.5 Å². The Labute approximate surface area is 167 Å². The minimum Gasteiger partial charge on any atom is -0.488 e. The fourth-order valence-electron chi connectivity index (χ4n) is 2.51. The lowest BCUT2D eigenvalue weighted by Crippen LogP contribution is -1.98. The molecule has 0 atom stereocenters. The normalized spacial score (nSPS) is 11.1. The van der Waals surface area contributed by atoms with Crippen LogP contribution in [0.4, 0.5) is 5.69 Å². The smallest absolute Gasteiger partial charge is 0.128 e. The van der Waals surface area contributed by atoms with Crippen molar-refractivity contribution in [3.05, 3.63) is 92.4 Å². The molecule has 0 heterocycles. The summed E-state index contributed by atoms with van der Waals surface area (Å²) in [6.45, 7) is 4.65. The van der Waals surface area contributed by atoms with Gasteiger partial charge < -0.3 is 4.74 Å². The first-order valence-corrected chi connectivity index (χ1v) is 9.47. The molecule has 0 saturated carbocycles. The Hall–Kier alpha value is -2.10. The summed E-state index contributed by atoms with van der Waals surface area (Å²) in [4.78, 5) is 4.66. The lowest BCUT2D eigenvalue weighted by molar-refractivity contribution is 0.306. The molecule has 0 aliphatic carbocycles. The zero-order valence-electron chi connectivity index (χ0n) is 14.7. The van der Waals surface area contributed by atoms with Gasteiger partial charge in [-0.2, -0.15) is 0 Å². The molecule has 3 aromatic carbocycles. The molecule has 3 aromatic rings. The number of ether oxygens (including phenoxy) is 1. The first kappa shape index (κ1) is 18.7. The van der Waals surface area contributed by atoms with Crippen LogP contribution in [-0.4, -0.2) is 6.21 Å². The summed E-state index contributed by atoms with van der Waals surface area (Å²) in [6, 6.07) is 19.7. The minimum absolute atomic E-state index is 0.475. The van der Waals surface area contributed by atoms with Crippen LogP contribution in [0.25, 0.3) is 0 Å². The average molecular weight is 429 g/mol. The van der Waals surface area contributed by atoms with Gasteiger partial charge >= 0.3 is 0 Å². The van der Waals surface area contributed by atoms with Crippen molar-refractivity contribution in [3.8, 4) is 5.75 Å². The van der Waals surface area contributed by atoms with Crippen molar-refractivity contribution < 1.29 is 4.74 Å². The van der Waals surface area contributed by atoms with Crippen molar-refractivity contribution in [3.63, 3.8) is 0 Å². The van der Waals surface area contributed by atoms with Crippen LogP contribution in [-0.2, 0) is 6.61 Å². The SMILES string of the molecule is Cc1cccc(N=Cc2cc(Br)ccc2OCc2ccc(Cl)cc2)c1C. The van der Waals surface area contributed by atoms with Gasteiger partial charge in [0.1, 0.15) is 12.4 Å². The highest BCUT2D eigenvalue weighted by atomic mass is 79.9. The Kier molecular flexibility index (Phi) is 6.12. The van der Waals surface area contributed by atoms with E-state index < -0.39 is 0 Å². The van der Waals surface area contributed by atoms with Crippen molar-refractivity contribution in [2.24, 2.45) is 4.99 Å². The Balaban J connectivity index is 1.82. The fourth-order valence-corrected chi connectivity index (χ4v) is 3.01. The summed E-state index contributed by atoms with van der Waals surface area (Å²) in [5, 5.41) is 0.721. The monoisotopic (exact) mass is 427 g/mol. The molecule has 0 radical (unpaired) electrons. The molecule has 26 heavy (non-hydrogen) atoms. The minimum atomic E-state index is 0.475. The molecule has 0 fully saturated rings. The lowest BCUT2D eigenvalue weighted by Gasteiger charge is -2.10. The molecule has 132 valence electrons. The number of benzene rings is 3. The second kappa shape index (κ2) is 8.52. The van der Waals surface area contributed by atoms with Crippen LogP contribution in [0, 0.1) is 13.8 Å². The second-order valence-electron chi connectivity index (χ2n) is 6.07. The van der Waals surface area contributed by atoms with Gasteiger partial charge in [0.2, 0.25) is 0 Å². The number of halogens is 2. The maximum absolute atomic E-state index is 6.01. The van der Waals surface area contributed by atoms with Gasteiger partial charge in [-0.15, -0.1) is 0 Å². The van der Waals surface area contributed by atoms with Crippen LogP contribution in [0.2, 0.25) is 5.02 Å². The van der Waals surface area contributed by atoms with Gasteiger partial charge in [-0.3, -0.25) is 4.99 Å². The zero-order chi connectivity index (χ0) is 18.5. The maximum Gasteiger partial charge on any atom is 0.128 e. The molecule has 0 bridgehead atoms. The van der Waals surface area contributed by atoms with Gasteiger partial charge in [0.15, 0.2) is 0 Å². The Morgan fingerprint density at radius 3 is 2.58 bits per heavy atom. The number of nitrogens with zero attached hydrogens (tertiary/aromatic N) is 1. The Bertz CT molecular complexity index is 935. The van der Waals surface area contributed by atoms with Gasteiger partial charge in [0, 0.05) is 21.3 Å². The molecule has 0 saturated heterocycles. The Morgan fingerprint density at radius 1 is 1.04 bits per heavy atom. The third kappa shape index (κ3) is 4.75. The van der Waals surface area contributed by atoms with Gasteiger partial charge in [-0.05, 0) is 66.9 Å². The van der Waals surface area contributed by atoms with E-state index in [2.05, 4.69) is 40.8 Å². The summed E-state index contributed by atoms with van der Waals surface area (Å²) in [5.74, 6) is 0.789. The summed E-state index contributed by atoms with van der Waals surface area (Å²) in [7, 11) is 0. The Morgan fingerprint density at radius 2 is 1.81 bits per heavy atom. The summed E-state index contributed by atoms with van der Waals surface area (Å²) in [6.07, 6.45) is 1.85. The summed E-state index contributed by atoms with van der Waals surface area (Å²) < 4.78 is 6.99. The highest BCUT2D eigenvalue weighted by Gasteiger charge is 2.05. The maximum atomic E-state index is 6.01. The third-order valence-corrected chi connectivity index (χ3v) is 4.94. The van der Waals surface area contributed by atoms with Gasteiger partial charge in [0.05, 0.1) is 5.69 Å². The molecule has 0 aromatic heterocycles. The molecule has 0 unspecified atom stereocenters. The molecular formula is C22H19BrClNO. The molecular weight excluding hydrogens is 410 g/mol. The van der Waals surface area contributed by atoms with Crippen LogP contribution in [0.3, 0.4) is 0 Å². The van der Waals surface area contributed by atoms with E-state index in [9.17, 15) is 0 Å². The van der Waals surface area contributed by atoms with Gasteiger partial charge in [0.25, 0.3) is 0 Å². The molecule has 0 N–H and O–H groups in total. The summed E-state index contributed by atoms with van der Waals surface area (Å²) in [5.41, 5.74) is 5.37. The molecule has 2 nitrogen and oxygen atoms in total. The number of hydrogen-bond acceptors (Lipinski definition) is 2. The van der Waals surface area contributed by atoms with Crippen LogP contribution in [0.1, 0.15) is 22.3 Å². The fraction of sp³-hybridized carbons (Fsp3) is 0.136. The standard InChI is InChI=1S/C22H19BrClNO/c1-15-4-3-5-21(16(15)2)25-13-18-12-19(23)8-11-22(18)26-14-17-6-9-20(24)10-7-17/h3-13H,14H2,1-2H3. The molecule has 0 aliphatic rings. The molecule has 0 spiro atoms. The predicted octanol–water partition coefficient (Wildman–Crippen LogP) is 7.05. The second-order valence-corrected chi connectivity index (χ2v) is 7.43. The first-order chi connectivity index (χ1) is 12.5. The zero-order valence-corrected chi connectivity index (χ0v) is 17.0. The van der Waals surface area contributed by atoms with E-state index in [0.29, 0.717) is 6.61 Å². The van der Waals surface area contributed by atoms with Crippen molar-refractivity contribution >= 4 is 39.4 Å². The van der Waals surface area contributed by atoms with Crippen molar-refractivity contribution in [1.82, 2.24) is 0 Å². The van der Waals surface area contributed by atoms with Crippen molar-refractivity contribution in [2.45, 2.75) is 20.5 Å². The van der Waals surface area contributed by atoms with Crippen molar-refractivity contribution in [2.75, 3.05) is 0 Å². The first-order valence-electron chi connectivity index (χ1n) is 8.30. The number of aryl methyl sites for hydroxylation is 1. The van der Waals surface area contributed by atoms with E-state index in [1.54, 1.807) is 0 Å². The number of aliphatic imine (C=N–C) groups is 1. The number of rotatable bonds is 5. The van der Waals surface area contributed by atoms with Crippen LogP contribution in [0.5, 0.6) is 5.75 Å². The lowest BCUT2D eigenvalue weighted by atomic mass is 10.1. The highest BCUT2D eigenvalue weighted by Crippen LogP contribution is 2.25. The number of hydrogen-bond donors (Lipinski definition) is 0. The van der Waals surface area contributed by atoms with Gasteiger partial charge in [-0.1, -0.05) is 51.8 Å². The van der Waals surface area contributed by atoms with E-state index in [4.69, 9.17) is 16.3 Å². The van der Waals surface area contributed by atoms with E-state index in [-0.39, 0.29) is 0 Å². The van der Waals surface area contributed by atoms with E-state index in [0.717, 1.165) is 32.1 Å². The topological polar surface area (TPSA) is 21.6 Å². The van der Waals surface area contributed by atoms with Gasteiger partial charge in [-0.25, -0.2) is 0 Å². The molecule has 0 amide bonds. The summed E-state index contributed by atoms with van der Waals surface area (Å²) >= 11 is 9.45. The van der Waals surface area contributed by atoms with E-state index in [1.807, 2.05) is 60.8 Å². The van der Waals surface area contributed by atoms with Crippen molar-refractivity contribution in [1.29, 1.82) is 0 Å². The predicted molar refractivity (Wildman–Crippen MR) is 113 cm³/mol. The molecule has 0 aliphatic heterocycles. The van der Waals surface area contributed by atoms with Crippen LogP contribution < -0.4 is 4.74 Å². The molecule has 4 heteroatoms. The third-order valence-electron chi connectivity index (χ3n) is 4.20.